The van der Waals surface area contributed by atoms with E-state index in [0.717, 1.165) is 24.3 Å². The molecule has 1 aliphatic heterocycles. The molecule has 1 fully saturated rings. The fourth-order valence-electron chi connectivity index (χ4n) is 3.33. The number of amides is 1. The van der Waals surface area contributed by atoms with Crippen molar-refractivity contribution in [1.29, 1.82) is 0 Å². The molecule has 25 heavy (non-hydrogen) atoms. The van der Waals surface area contributed by atoms with Crippen LogP contribution in [0.5, 0.6) is 5.75 Å². The lowest BCUT2D eigenvalue weighted by Gasteiger charge is -2.31. The van der Waals surface area contributed by atoms with Crippen LogP contribution in [0.15, 0.2) is 42.6 Å². The Labute approximate surface area is 149 Å². The van der Waals surface area contributed by atoms with Gasteiger partial charge < -0.3 is 10.0 Å². The van der Waals surface area contributed by atoms with Crippen LogP contribution >= 0.6 is 11.6 Å². The number of nitrogens with zero attached hydrogens (tertiary/aromatic N) is 4. The quantitative estimate of drug-likeness (QED) is 0.766. The van der Waals surface area contributed by atoms with Gasteiger partial charge in [0.2, 0.25) is 0 Å². The largest absolute Gasteiger partial charge is 0.507 e. The average molecular weight is 357 g/mol. The van der Waals surface area contributed by atoms with Gasteiger partial charge in [-0.25, -0.2) is 0 Å². The van der Waals surface area contributed by atoms with Gasteiger partial charge in [-0.05, 0) is 43.2 Å². The Hall–Kier alpha value is -2.60. The molecular weight excluding hydrogens is 340 g/mol. The fourth-order valence-corrected chi connectivity index (χ4v) is 3.50. The highest BCUT2D eigenvalue weighted by molar-refractivity contribution is 6.31. The van der Waals surface area contributed by atoms with Crippen molar-refractivity contribution in [3.8, 4) is 5.75 Å². The minimum Gasteiger partial charge on any atom is -0.507 e. The number of halogens is 1. The first-order valence-electron chi connectivity index (χ1n) is 8.21. The highest BCUT2D eigenvalue weighted by Gasteiger charge is 2.28. The molecule has 7 heteroatoms. The van der Waals surface area contributed by atoms with Gasteiger partial charge in [-0.1, -0.05) is 17.7 Å². The summed E-state index contributed by atoms with van der Waals surface area (Å²) in [5, 5.41) is 18.9. The molecule has 1 saturated heterocycles. The Morgan fingerprint density at radius 1 is 1.16 bits per heavy atom. The average Bonchev–Trinajstić information content (AvgIpc) is 3.07. The number of piperidine rings is 1. The first-order valence-corrected chi connectivity index (χ1v) is 8.59. The maximum absolute atomic E-state index is 12.7. The van der Waals surface area contributed by atoms with Crippen molar-refractivity contribution >= 4 is 23.2 Å². The van der Waals surface area contributed by atoms with E-state index >= 15 is 0 Å². The number of phenols is 1. The van der Waals surface area contributed by atoms with Crippen LogP contribution in [0.3, 0.4) is 0 Å². The van der Waals surface area contributed by atoms with Gasteiger partial charge in [-0.3, -0.25) is 9.20 Å². The van der Waals surface area contributed by atoms with E-state index in [0.29, 0.717) is 18.1 Å². The number of carbonyl (C=O) groups excluding carboxylic acids is 1. The van der Waals surface area contributed by atoms with Gasteiger partial charge in [-0.2, -0.15) is 0 Å². The van der Waals surface area contributed by atoms with E-state index in [9.17, 15) is 9.90 Å². The number of hydrogen-bond acceptors (Lipinski definition) is 4. The molecule has 6 nitrogen and oxygen atoms in total. The molecule has 4 rings (SSSR count). The number of aromatic nitrogens is 3. The van der Waals surface area contributed by atoms with E-state index in [1.165, 1.54) is 12.1 Å². The number of pyridine rings is 1. The molecule has 1 N–H and O–H groups in total. The summed E-state index contributed by atoms with van der Waals surface area (Å²) in [6, 6.07) is 10.3. The van der Waals surface area contributed by atoms with Crippen molar-refractivity contribution in [3.05, 3.63) is 59.0 Å². The topological polar surface area (TPSA) is 70.7 Å². The number of phenolic OH excluding ortho intramolecular Hbond substituents is 1. The Morgan fingerprint density at radius 3 is 2.76 bits per heavy atom. The summed E-state index contributed by atoms with van der Waals surface area (Å²) in [7, 11) is 0. The first-order chi connectivity index (χ1) is 12.1. The van der Waals surface area contributed by atoms with E-state index in [2.05, 4.69) is 10.2 Å². The van der Waals surface area contributed by atoms with Crippen LogP contribution in [0.2, 0.25) is 5.02 Å². The van der Waals surface area contributed by atoms with E-state index < -0.39 is 0 Å². The fraction of sp³-hybridized carbons (Fsp3) is 0.278. The summed E-state index contributed by atoms with van der Waals surface area (Å²) in [4.78, 5) is 14.4. The standard InChI is InChI=1S/C18H17ClN4O2/c19-13-4-5-15(24)14(11-13)18(25)22-9-6-12(7-10-22)17-21-20-16-3-1-2-8-23(16)17/h1-5,8,11-12,24H,6-7,9-10H2. The summed E-state index contributed by atoms with van der Waals surface area (Å²) >= 11 is 5.95. The molecule has 0 bridgehead atoms. The SMILES string of the molecule is O=C(c1cc(Cl)ccc1O)N1CCC(c2nnc3ccccn23)CC1. The minimum atomic E-state index is -0.190. The molecule has 3 aromatic rings. The molecule has 0 spiro atoms. The number of aromatic hydroxyl groups is 1. The zero-order valence-corrected chi connectivity index (χ0v) is 14.2. The minimum absolute atomic E-state index is 0.0417. The number of rotatable bonds is 2. The summed E-state index contributed by atoms with van der Waals surface area (Å²) in [6.07, 6.45) is 3.58. The molecule has 0 radical (unpaired) electrons. The second-order valence-electron chi connectivity index (χ2n) is 6.21. The second kappa shape index (κ2) is 6.37. The zero-order chi connectivity index (χ0) is 17.4. The molecule has 3 heterocycles. The lowest BCUT2D eigenvalue weighted by atomic mass is 9.95. The molecule has 0 atom stereocenters. The molecule has 0 aliphatic carbocycles. The van der Waals surface area contributed by atoms with Gasteiger partial charge in [0, 0.05) is 30.2 Å². The lowest BCUT2D eigenvalue weighted by molar-refractivity contribution is 0.0708. The van der Waals surface area contributed by atoms with Crippen LogP contribution in [0.1, 0.15) is 34.9 Å². The van der Waals surface area contributed by atoms with Gasteiger partial charge in [0.15, 0.2) is 5.65 Å². The Kier molecular flexibility index (Phi) is 4.05. The summed E-state index contributed by atoms with van der Waals surface area (Å²) in [5.74, 6) is 0.965. The van der Waals surface area contributed by atoms with Crippen LogP contribution in [-0.2, 0) is 0 Å². The molecule has 2 aromatic heterocycles. The summed E-state index contributed by atoms with van der Waals surface area (Å²) < 4.78 is 2.00. The van der Waals surface area contributed by atoms with E-state index in [1.54, 1.807) is 11.0 Å². The Morgan fingerprint density at radius 2 is 1.96 bits per heavy atom. The summed E-state index contributed by atoms with van der Waals surface area (Å²) in [6.45, 7) is 1.22. The van der Waals surface area contributed by atoms with Crippen molar-refractivity contribution in [3.63, 3.8) is 0 Å². The Bertz CT molecular complexity index is 932. The third-order valence-electron chi connectivity index (χ3n) is 4.68. The van der Waals surface area contributed by atoms with E-state index in [4.69, 9.17) is 11.6 Å². The van der Waals surface area contributed by atoms with Crippen LogP contribution in [0, 0.1) is 0 Å². The van der Waals surface area contributed by atoms with Gasteiger partial charge in [-0.15, -0.1) is 10.2 Å². The van der Waals surface area contributed by atoms with E-state index in [1.807, 2.05) is 28.8 Å². The number of fused-ring (bicyclic) bond motifs is 1. The van der Waals surface area contributed by atoms with Crippen molar-refractivity contribution < 1.29 is 9.90 Å². The van der Waals surface area contributed by atoms with Crippen LogP contribution in [-0.4, -0.2) is 43.6 Å². The lowest BCUT2D eigenvalue weighted by Crippen LogP contribution is -2.38. The predicted octanol–water partition coefficient (Wildman–Crippen LogP) is 3.11. The van der Waals surface area contributed by atoms with Crippen molar-refractivity contribution in [2.45, 2.75) is 18.8 Å². The number of hydrogen-bond donors (Lipinski definition) is 1. The van der Waals surface area contributed by atoms with Gasteiger partial charge in [0.25, 0.3) is 5.91 Å². The third kappa shape index (κ3) is 2.93. The van der Waals surface area contributed by atoms with Gasteiger partial charge in [0.1, 0.15) is 11.6 Å². The highest BCUT2D eigenvalue weighted by Crippen LogP contribution is 2.29. The van der Waals surface area contributed by atoms with Gasteiger partial charge >= 0.3 is 0 Å². The summed E-state index contributed by atoms with van der Waals surface area (Å²) in [5.41, 5.74) is 1.08. The molecule has 1 aliphatic rings. The number of likely N-dealkylation sites (tertiary alicyclic amines) is 1. The smallest absolute Gasteiger partial charge is 0.257 e. The number of benzene rings is 1. The van der Waals surface area contributed by atoms with E-state index in [-0.39, 0.29) is 23.1 Å². The molecular formula is C18H17ClN4O2. The monoisotopic (exact) mass is 356 g/mol. The van der Waals surface area contributed by atoms with Crippen LogP contribution in [0.4, 0.5) is 0 Å². The third-order valence-corrected chi connectivity index (χ3v) is 4.91. The van der Waals surface area contributed by atoms with Gasteiger partial charge in [0.05, 0.1) is 5.56 Å². The maximum atomic E-state index is 12.7. The normalized spacial score (nSPS) is 15.6. The molecule has 1 aromatic carbocycles. The molecule has 0 unspecified atom stereocenters. The van der Waals surface area contributed by atoms with Crippen LogP contribution < -0.4 is 0 Å². The zero-order valence-electron chi connectivity index (χ0n) is 13.5. The maximum Gasteiger partial charge on any atom is 0.257 e. The van der Waals surface area contributed by atoms with Crippen molar-refractivity contribution in [2.24, 2.45) is 0 Å². The molecule has 1 amide bonds. The first kappa shape index (κ1) is 15.9. The van der Waals surface area contributed by atoms with Crippen LogP contribution in [0.25, 0.3) is 5.65 Å². The van der Waals surface area contributed by atoms with Crippen molar-refractivity contribution in [2.75, 3.05) is 13.1 Å². The molecule has 0 saturated carbocycles. The second-order valence-corrected chi connectivity index (χ2v) is 6.65. The Balaban J connectivity index is 1.50. The molecule has 128 valence electrons. The predicted molar refractivity (Wildman–Crippen MR) is 94.0 cm³/mol. The number of carbonyl (C=O) groups is 1. The highest BCUT2D eigenvalue weighted by atomic mass is 35.5. The van der Waals surface area contributed by atoms with Crippen molar-refractivity contribution in [1.82, 2.24) is 19.5 Å².